The first kappa shape index (κ1) is 32.4. The highest BCUT2D eigenvalue weighted by atomic mass is 14.2. The molecule has 0 aromatic heterocycles. The molecular weight excluding hydrogens is 673 g/mol. The van der Waals surface area contributed by atoms with Crippen LogP contribution in [0.4, 0.5) is 0 Å². The molecule has 56 heavy (non-hydrogen) atoms. The number of fused-ring (bicyclic) bond motifs is 5. The lowest BCUT2D eigenvalue weighted by Crippen LogP contribution is -1.82. The summed E-state index contributed by atoms with van der Waals surface area (Å²) in [7, 11) is 0. The number of hydrogen-bond donors (Lipinski definition) is 0. The quantitative estimate of drug-likeness (QED) is 0.109. The Balaban J connectivity index is 0.0000000868. The van der Waals surface area contributed by atoms with Gasteiger partial charge in [-0.15, -0.1) is 0 Å². The number of aryl methyl sites for hydroxylation is 2. The Bertz CT molecular complexity index is 3150. The molecule has 0 heteroatoms. The second kappa shape index (κ2) is 13.4. The molecule has 0 bridgehead atoms. The Labute approximate surface area is 327 Å². The highest BCUT2D eigenvalue weighted by Crippen LogP contribution is 2.39. The van der Waals surface area contributed by atoms with Gasteiger partial charge < -0.3 is 0 Å². The molecule has 0 atom stereocenters. The van der Waals surface area contributed by atoms with Gasteiger partial charge in [-0.3, -0.25) is 0 Å². The van der Waals surface area contributed by atoms with E-state index in [2.05, 4.69) is 206 Å². The zero-order valence-electron chi connectivity index (χ0n) is 31.0. The van der Waals surface area contributed by atoms with E-state index in [-0.39, 0.29) is 0 Å². The van der Waals surface area contributed by atoms with Crippen molar-refractivity contribution in [2.45, 2.75) is 12.8 Å². The monoisotopic (exact) mass is 710 g/mol. The van der Waals surface area contributed by atoms with Crippen LogP contribution in [0.1, 0.15) is 44.5 Å². The summed E-state index contributed by atoms with van der Waals surface area (Å²) in [5, 5.41) is 16.5. The normalized spacial score (nSPS) is 13.0. The summed E-state index contributed by atoms with van der Waals surface area (Å²) in [4.78, 5) is 0. The molecule has 0 saturated carbocycles. The minimum atomic E-state index is 1.23. The molecule has 10 aromatic rings. The van der Waals surface area contributed by atoms with Crippen LogP contribution >= 0.6 is 0 Å². The van der Waals surface area contributed by atoms with E-state index < -0.39 is 0 Å². The van der Waals surface area contributed by atoms with Crippen molar-refractivity contribution < 1.29 is 0 Å². The fraction of sp³-hybridized carbons (Fsp3) is 0.0357. The van der Waals surface area contributed by atoms with E-state index in [9.17, 15) is 0 Å². The Morgan fingerprint density at radius 2 is 0.696 bits per heavy atom. The summed E-state index contributed by atoms with van der Waals surface area (Å²) in [5.41, 5.74) is 11.3. The summed E-state index contributed by atoms with van der Waals surface area (Å²) in [6, 6.07) is 60.8. The van der Waals surface area contributed by atoms with Crippen LogP contribution in [0.5, 0.6) is 0 Å². The van der Waals surface area contributed by atoms with Crippen LogP contribution in [-0.4, -0.2) is 0 Å². The van der Waals surface area contributed by atoms with E-state index in [0.717, 1.165) is 0 Å². The highest BCUT2D eigenvalue weighted by molar-refractivity contribution is 6.15. The zero-order valence-corrected chi connectivity index (χ0v) is 31.0. The lowest BCUT2D eigenvalue weighted by Gasteiger charge is -2.06. The van der Waals surface area contributed by atoms with Gasteiger partial charge in [-0.1, -0.05) is 200 Å². The largest absolute Gasteiger partial charge is 0.0616 e. The van der Waals surface area contributed by atoms with Gasteiger partial charge in [0.25, 0.3) is 0 Å². The Kier molecular flexibility index (Phi) is 7.74. The van der Waals surface area contributed by atoms with Crippen LogP contribution in [0.15, 0.2) is 170 Å². The first-order chi connectivity index (χ1) is 27.8. The molecule has 4 aliphatic rings. The minimum absolute atomic E-state index is 1.23. The minimum Gasteiger partial charge on any atom is -0.0616 e. The van der Waals surface area contributed by atoms with Crippen LogP contribution in [0, 0.1) is 0 Å². The van der Waals surface area contributed by atoms with Crippen LogP contribution in [0.25, 0.3) is 101 Å². The van der Waals surface area contributed by atoms with Crippen molar-refractivity contribution in [2.24, 2.45) is 0 Å². The van der Waals surface area contributed by atoms with Gasteiger partial charge in [-0.2, -0.15) is 0 Å². The van der Waals surface area contributed by atoms with Crippen LogP contribution in [0.3, 0.4) is 0 Å². The standard InChI is InChI=1S/C16H10.2C14H10.C12H8/c1-2-7-14-12(4-1)10-13-6-3-5-11-8-9-15(14)16(11)13;1-2-10-7-8-12-4-3-11-6-5-9(1)13(10)14(11)12;1-3-7-13-11(5-1)9-10-12-6-2-4-8-14(12)13;1-3-9-4-2-6-11-8-7-10(5-1)12(9)11/h1-10H;1-2,5-8H,3-4H2;1-10H;1-8H. The molecule has 262 valence electrons. The average molecular weight is 711 g/mol. The number of benzene rings is 10. The van der Waals surface area contributed by atoms with E-state index >= 15 is 0 Å². The molecule has 4 aliphatic carbocycles. The maximum atomic E-state index is 2.30. The van der Waals surface area contributed by atoms with Gasteiger partial charge in [0.1, 0.15) is 0 Å². The summed E-state index contributed by atoms with van der Waals surface area (Å²) >= 11 is 0. The third kappa shape index (κ3) is 5.45. The molecule has 0 amide bonds. The van der Waals surface area contributed by atoms with E-state index in [1.165, 1.54) is 105 Å². The third-order valence-electron chi connectivity index (χ3n) is 12.0. The van der Waals surface area contributed by atoms with Gasteiger partial charge in [0.05, 0.1) is 0 Å². The van der Waals surface area contributed by atoms with E-state index in [0.29, 0.717) is 0 Å². The van der Waals surface area contributed by atoms with Gasteiger partial charge >= 0.3 is 0 Å². The molecule has 0 aliphatic heterocycles. The molecule has 0 saturated heterocycles. The first-order valence-electron chi connectivity index (χ1n) is 19.7. The topological polar surface area (TPSA) is 0 Å². The molecule has 10 aromatic carbocycles. The second-order valence-corrected chi connectivity index (χ2v) is 15.1. The van der Waals surface area contributed by atoms with Crippen molar-refractivity contribution in [2.75, 3.05) is 0 Å². The smallest absolute Gasteiger partial charge is 0.00324 e. The van der Waals surface area contributed by atoms with Gasteiger partial charge in [0.15, 0.2) is 0 Å². The van der Waals surface area contributed by atoms with Gasteiger partial charge in [0.2, 0.25) is 0 Å². The Morgan fingerprint density at radius 1 is 0.250 bits per heavy atom. The lowest BCUT2D eigenvalue weighted by molar-refractivity contribution is 1.02. The Hall–Kier alpha value is -7.02. The van der Waals surface area contributed by atoms with Crippen LogP contribution in [0.2, 0.25) is 0 Å². The molecule has 0 heterocycles. The molecular formula is C56H38. The van der Waals surface area contributed by atoms with Gasteiger partial charge in [-0.05, 0) is 128 Å². The highest BCUT2D eigenvalue weighted by Gasteiger charge is 2.19. The van der Waals surface area contributed by atoms with Crippen molar-refractivity contribution in [3.63, 3.8) is 0 Å². The molecule has 0 nitrogen and oxygen atoms in total. The van der Waals surface area contributed by atoms with E-state index in [4.69, 9.17) is 0 Å². The predicted octanol–water partition coefficient (Wildman–Crippen LogP) is 15.2. The van der Waals surface area contributed by atoms with Crippen molar-refractivity contribution in [3.8, 4) is 0 Å². The molecule has 0 unspecified atom stereocenters. The molecule has 0 fully saturated rings. The molecule has 0 spiro atoms. The third-order valence-corrected chi connectivity index (χ3v) is 12.0. The summed E-state index contributed by atoms with van der Waals surface area (Å²) in [6.07, 6.45) is 15.7. The average Bonchev–Trinajstić information content (AvgIpc) is 4.08. The number of hydrogen-bond acceptors (Lipinski definition) is 0. The van der Waals surface area contributed by atoms with Crippen LogP contribution in [-0.2, 0) is 12.8 Å². The SMILES string of the molecule is C1=Cc2c3ccccc3cc3cccc1c23.C1=Cc2ccc3c4c(ccc1c24)CC3.C1=Cc2cccc3cccc1c23.c1ccc2c(c1)ccc1ccccc12. The van der Waals surface area contributed by atoms with E-state index in [1.807, 2.05) is 0 Å². The fourth-order valence-corrected chi connectivity index (χ4v) is 9.33. The van der Waals surface area contributed by atoms with Gasteiger partial charge in [0, 0.05) is 0 Å². The number of rotatable bonds is 0. The van der Waals surface area contributed by atoms with E-state index in [1.54, 1.807) is 16.5 Å². The molecule has 0 radical (unpaired) electrons. The van der Waals surface area contributed by atoms with Crippen molar-refractivity contribution in [1.82, 2.24) is 0 Å². The summed E-state index contributed by atoms with van der Waals surface area (Å²) < 4.78 is 0. The summed E-state index contributed by atoms with van der Waals surface area (Å²) in [5.74, 6) is 0. The van der Waals surface area contributed by atoms with Crippen LogP contribution < -0.4 is 0 Å². The molecule has 14 rings (SSSR count). The lowest BCUT2D eigenvalue weighted by atomic mass is 9.98. The molecule has 0 N–H and O–H groups in total. The Morgan fingerprint density at radius 3 is 1.29 bits per heavy atom. The maximum Gasteiger partial charge on any atom is -0.00324 e. The van der Waals surface area contributed by atoms with Crippen molar-refractivity contribution >= 4 is 101 Å². The zero-order chi connectivity index (χ0) is 37.0. The first-order valence-corrected chi connectivity index (χ1v) is 19.7. The maximum absolute atomic E-state index is 2.30. The second-order valence-electron chi connectivity index (χ2n) is 15.1. The van der Waals surface area contributed by atoms with Crippen molar-refractivity contribution in [3.05, 3.63) is 214 Å². The fourth-order valence-electron chi connectivity index (χ4n) is 9.33. The summed E-state index contributed by atoms with van der Waals surface area (Å²) in [6.45, 7) is 0. The van der Waals surface area contributed by atoms with Gasteiger partial charge in [-0.25, -0.2) is 0 Å². The predicted molar refractivity (Wildman–Crippen MR) is 245 cm³/mol. The van der Waals surface area contributed by atoms with Crippen molar-refractivity contribution in [1.29, 1.82) is 0 Å².